The smallest absolute Gasteiger partial charge is 0.251 e. The second-order valence-corrected chi connectivity index (χ2v) is 5.17. The van der Waals surface area contributed by atoms with Crippen LogP contribution in [0.5, 0.6) is 0 Å². The van der Waals surface area contributed by atoms with Gasteiger partial charge in [-0.2, -0.15) is 0 Å². The highest BCUT2D eigenvalue weighted by molar-refractivity contribution is 6.10. The molecule has 0 spiro atoms. The first-order chi connectivity index (χ1) is 10.2. The van der Waals surface area contributed by atoms with Crippen molar-refractivity contribution in [2.75, 3.05) is 5.32 Å². The van der Waals surface area contributed by atoms with Gasteiger partial charge in [-0.3, -0.25) is 10.1 Å². The van der Waals surface area contributed by atoms with Crippen molar-refractivity contribution in [1.82, 2.24) is 5.32 Å². The van der Waals surface area contributed by atoms with E-state index in [2.05, 4.69) is 15.6 Å². The Balaban J connectivity index is 1.70. The number of rotatable bonds is 3. The summed E-state index contributed by atoms with van der Waals surface area (Å²) < 4.78 is 0. The molecule has 0 aliphatic carbocycles. The Morgan fingerprint density at radius 1 is 1.14 bits per heavy atom. The molecule has 0 saturated heterocycles. The van der Waals surface area contributed by atoms with E-state index in [4.69, 9.17) is 0 Å². The van der Waals surface area contributed by atoms with Crippen molar-refractivity contribution in [2.45, 2.75) is 19.4 Å². The van der Waals surface area contributed by atoms with E-state index in [9.17, 15) is 4.79 Å². The lowest BCUT2D eigenvalue weighted by Crippen LogP contribution is -2.33. The largest absolute Gasteiger partial charge is 0.326 e. The minimum Gasteiger partial charge on any atom is -0.326 e. The van der Waals surface area contributed by atoms with E-state index in [0.29, 0.717) is 12.4 Å². The van der Waals surface area contributed by atoms with E-state index in [-0.39, 0.29) is 11.9 Å². The van der Waals surface area contributed by atoms with Gasteiger partial charge in [0.25, 0.3) is 5.91 Å². The lowest BCUT2D eigenvalue weighted by molar-refractivity contribution is -0.120. The SMILES string of the molecule is Cc1cccc(NC2=N[C@@H](Cc3ccccc3)C(=O)N2)c1. The topological polar surface area (TPSA) is 53.5 Å². The fourth-order valence-corrected chi connectivity index (χ4v) is 2.35. The van der Waals surface area contributed by atoms with Crippen LogP contribution in [0.15, 0.2) is 59.6 Å². The summed E-state index contributed by atoms with van der Waals surface area (Å²) in [5.41, 5.74) is 3.19. The molecule has 1 amide bonds. The van der Waals surface area contributed by atoms with E-state index >= 15 is 0 Å². The molecule has 2 N–H and O–H groups in total. The summed E-state index contributed by atoms with van der Waals surface area (Å²) in [6, 6.07) is 17.5. The second kappa shape index (κ2) is 5.79. The molecule has 1 aliphatic rings. The van der Waals surface area contributed by atoms with Crippen molar-refractivity contribution in [3.8, 4) is 0 Å². The molecule has 2 aromatic carbocycles. The van der Waals surface area contributed by atoms with Gasteiger partial charge in [-0.05, 0) is 30.2 Å². The molecule has 3 rings (SSSR count). The van der Waals surface area contributed by atoms with Crippen LogP contribution in [0.2, 0.25) is 0 Å². The van der Waals surface area contributed by atoms with E-state index in [1.807, 2.05) is 61.5 Å². The molecule has 1 atom stereocenters. The molecule has 0 saturated carbocycles. The molecule has 0 radical (unpaired) electrons. The molecule has 2 aromatic rings. The molecule has 0 unspecified atom stereocenters. The van der Waals surface area contributed by atoms with Crippen molar-refractivity contribution in [3.63, 3.8) is 0 Å². The molecule has 1 aliphatic heterocycles. The zero-order valence-electron chi connectivity index (χ0n) is 11.8. The average Bonchev–Trinajstić information content (AvgIpc) is 2.80. The van der Waals surface area contributed by atoms with Crippen LogP contribution in [-0.4, -0.2) is 17.9 Å². The number of benzene rings is 2. The fourth-order valence-electron chi connectivity index (χ4n) is 2.35. The van der Waals surface area contributed by atoms with Crippen LogP contribution in [0, 0.1) is 6.92 Å². The van der Waals surface area contributed by atoms with Gasteiger partial charge in [0.15, 0.2) is 0 Å². The summed E-state index contributed by atoms with van der Waals surface area (Å²) in [4.78, 5) is 16.4. The summed E-state index contributed by atoms with van der Waals surface area (Å²) in [5, 5.41) is 5.94. The number of carbonyl (C=O) groups is 1. The van der Waals surface area contributed by atoms with E-state index in [0.717, 1.165) is 16.8 Å². The average molecular weight is 279 g/mol. The number of carbonyl (C=O) groups excluding carboxylic acids is 1. The van der Waals surface area contributed by atoms with Crippen LogP contribution < -0.4 is 10.6 Å². The highest BCUT2D eigenvalue weighted by atomic mass is 16.2. The van der Waals surface area contributed by atoms with E-state index in [1.54, 1.807) is 0 Å². The number of nitrogens with one attached hydrogen (secondary N) is 2. The lowest BCUT2D eigenvalue weighted by Gasteiger charge is -2.05. The lowest BCUT2D eigenvalue weighted by atomic mass is 10.1. The number of aliphatic imine (C=N–C) groups is 1. The fraction of sp³-hybridized carbons (Fsp3) is 0.176. The third kappa shape index (κ3) is 3.28. The van der Waals surface area contributed by atoms with Gasteiger partial charge in [0.1, 0.15) is 6.04 Å². The summed E-state index contributed by atoms with van der Waals surface area (Å²) >= 11 is 0. The monoisotopic (exact) mass is 279 g/mol. The molecule has 106 valence electrons. The molecular weight excluding hydrogens is 262 g/mol. The van der Waals surface area contributed by atoms with Gasteiger partial charge in [-0.1, -0.05) is 42.5 Å². The molecule has 1 heterocycles. The Kier molecular flexibility index (Phi) is 3.69. The number of aryl methyl sites for hydroxylation is 1. The summed E-state index contributed by atoms with van der Waals surface area (Å²) in [7, 11) is 0. The van der Waals surface area contributed by atoms with Gasteiger partial charge < -0.3 is 5.32 Å². The zero-order chi connectivity index (χ0) is 14.7. The summed E-state index contributed by atoms with van der Waals surface area (Å²) in [6.07, 6.45) is 0.617. The Morgan fingerprint density at radius 2 is 1.95 bits per heavy atom. The minimum atomic E-state index is -0.361. The van der Waals surface area contributed by atoms with E-state index < -0.39 is 0 Å². The maximum absolute atomic E-state index is 12.0. The maximum atomic E-state index is 12.0. The van der Waals surface area contributed by atoms with Crippen LogP contribution >= 0.6 is 0 Å². The zero-order valence-corrected chi connectivity index (χ0v) is 11.8. The second-order valence-electron chi connectivity index (χ2n) is 5.17. The molecule has 21 heavy (non-hydrogen) atoms. The number of hydrogen-bond acceptors (Lipinski definition) is 3. The minimum absolute atomic E-state index is 0.0611. The first-order valence-electron chi connectivity index (χ1n) is 6.97. The van der Waals surface area contributed by atoms with Gasteiger partial charge >= 0.3 is 0 Å². The standard InChI is InChI=1S/C17H17N3O/c1-12-6-5-9-14(10-12)18-17-19-15(16(21)20-17)11-13-7-3-2-4-8-13/h2-10,15H,11H2,1H3,(H2,18,19,20,21)/t15-/m0/s1. The highest BCUT2D eigenvalue weighted by Crippen LogP contribution is 2.13. The van der Waals surface area contributed by atoms with Crippen molar-refractivity contribution in [1.29, 1.82) is 0 Å². The highest BCUT2D eigenvalue weighted by Gasteiger charge is 2.26. The van der Waals surface area contributed by atoms with Gasteiger partial charge in [-0.15, -0.1) is 0 Å². The number of hydrogen-bond donors (Lipinski definition) is 2. The predicted octanol–water partition coefficient (Wildman–Crippen LogP) is 2.50. The summed E-state index contributed by atoms with van der Waals surface area (Å²) in [6.45, 7) is 2.03. The first-order valence-corrected chi connectivity index (χ1v) is 6.97. The molecule has 4 nitrogen and oxygen atoms in total. The quantitative estimate of drug-likeness (QED) is 0.907. The van der Waals surface area contributed by atoms with Gasteiger partial charge in [0, 0.05) is 12.1 Å². The Bertz CT molecular complexity index is 679. The van der Waals surface area contributed by atoms with Crippen molar-refractivity contribution >= 4 is 17.6 Å². The molecule has 0 aromatic heterocycles. The van der Waals surface area contributed by atoms with Crippen molar-refractivity contribution in [3.05, 3.63) is 65.7 Å². The normalized spacial score (nSPS) is 17.3. The van der Waals surface area contributed by atoms with Crippen LogP contribution in [-0.2, 0) is 11.2 Å². The molecular formula is C17H17N3O. The Morgan fingerprint density at radius 3 is 2.71 bits per heavy atom. The summed E-state index contributed by atoms with van der Waals surface area (Å²) in [5.74, 6) is 0.459. The predicted molar refractivity (Wildman–Crippen MR) is 84.3 cm³/mol. The molecule has 4 heteroatoms. The van der Waals surface area contributed by atoms with Crippen LogP contribution in [0.25, 0.3) is 0 Å². The van der Waals surface area contributed by atoms with E-state index in [1.165, 1.54) is 0 Å². The maximum Gasteiger partial charge on any atom is 0.251 e. The molecule has 0 fully saturated rings. The Hall–Kier alpha value is -2.62. The van der Waals surface area contributed by atoms with Crippen LogP contribution in [0.4, 0.5) is 5.69 Å². The van der Waals surface area contributed by atoms with Crippen LogP contribution in [0.1, 0.15) is 11.1 Å². The first kappa shape index (κ1) is 13.4. The van der Waals surface area contributed by atoms with Crippen molar-refractivity contribution < 1.29 is 4.79 Å². The van der Waals surface area contributed by atoms with Crippen molar-refractivity contribution in [2.24, 2.45) is 4.99 Å². The third-order valence-electron chi connectivity index (χ3n) is 3.38. The van der Waals surface area contributed by atoms with Gasteiger partial charge in [0.2, 0.25) is 5.96 Å². The third-order valence-corrected chi connectivity index (χ3v) is 3.38. The van der Waals surface area contributed by atoms with Gasteiger partial charge in [-0.25, -0.2) is 4.99 Å². The number of anilines is 1. The molecule has 0 bridgehead atoms. The van der Waals surface area contributed by atoms with Crippen LogP contribution in [0.3, 0.4) is 0 Å². The number of nitrogens with zero attached hydrogens (tertiary/aromatic N) is 1. The number of amides is 1. The number of guanidine groups is 1. The van der Waals surface area contributed by atoms with Gasteiger partial charge in [0.05, 0.1) is 0 Å². The Labute approximate surface area is 123 Å².